The molecule has 1 aromatic rings. The van der Waals surface area contributed by atoms with Crippen LogP contribution in [0.3, 0.4) is 0 Å². The summed E-state index contributed by atoms with van der Waals surface area (Å²) in [7, 11) is 0. The summed E-state index contributed by atoms with van der Waals surface area (Å²) in [6, 6.07) is 8.75. The first-order valence-electron chi connectivity index (χ1n) is 5.88. The Kier molecular flexibility index (Phi) is 3.20. The van der Waals surface area contributed by atoms with Crippen LogP contribution in [-0.4, -0.2) is 5.71 Å². The summed E-state index contributed by atoms with van der Waals surface area (Å²) in [6.45, 7) is 2.12. The van der Waals surface area contributed by atoms with Gasteiger partial charge in [-0.05, 0) is 38.2 Å². The van der Waals surface area contributed by atoms with Crippen molar-refractivity contribution in [3.8, 4) is 0 Å². The van der Waals surface area contributed by atoms with Crippen LogP contribution in [0.2, 0.25) is 0 Å². The largest absolute Gasteiger partial charge is 0.309 e. The summed E-state index contributed by atoms with van der Waals surface area (Å²) in [5.41, 5.74) is 3.68. The first-order chi connectivity index (χ1) is 7.25. The standard InChI is InChI=1S/C14H19N/c1-11-6-8-12(9-7-11)10-13-4-2-3-5-14(13)15/h6-9,13,15H,2-5,10H2,1H3. The van der Waals surface area contributed by atoms with Crippen LogP contribution < -0.4 is 0 Å². The highest BCUT2D eigenvalue weighted by Gasteiger charge is 2.18. The smallest absolute Gasteiger partial charge is 0.0123 e. The fraction of sp³-hybridized carbons (Fsp3) is 0.500. The molecule has 0 heterocycles. The quantitative estimate of drug-likeness (QED) is 0.753. The Labute approximate surface area is 92.0 Å². The molecule has 1 aliphatic carbocycles. The first-order valence-corrected chi connectivity index (χ1v) is 5.88. The molecule has 1 fully saturated rings. The fourth-order valence-electron chi connectivity index (χ4n) is 2.32. The third-order valence-corrected chi connectivity index (χ3v) is 3.34. The second-order valence-corrected chi connectivity index (χ2v) is 4.66. The van der Waals surface area contributed by atoms with Gasteiger partial charge in [0.15, 0.2) is 0 Å². The molecule has 0 amide bonds. The van der Waals surface area contributed by atoms with Gasteiger partial charge in [-0.2, -0.15) is 0 Å². The number of nitrogens with one attached hydrogen (secondary N) is 1. The van der Waals surface area contributed by atoms with Crippen LogP contribution in [0.4, 0.5) is 0 Å². The summed E-state index contributed by atoms with van der Waals surface area (Å²) in [5, 5.41) is 7.94. The number of aryl methyl sites for hydroxylation is 1. The highest BCUT2D eigenvalue weighted by atomic mass is 14.5. The maximum Gasteiger partial charge on any atom is 0.0123 e. The molecule has 1 atom stereocenters. The molecule has 0 aliphatic heterocycles. The molecule has 15 heavy (non-hydrogen) atoms. The molecular formula is C14H19N. The van der Waals surface area contributed by atoms with Crippen LogP contribution in [0.5, 0.6) is 0 Å². The molecule has 80 valence electrons. The van der Waals surface area contributed by atoms with E-state index in [0.717, 1.165) is 18.6 Å². The van der Waals surface area contributed by atoms with E-state index in [1.54, 1.807) is 0 Å². The van der Waals surface area contributed by atoms with Gasteiger partial charge in [0.2, 0.25) is 0 Å². The summed E-state index contributed by atoms with van der Waals surface area (Å²) < 4.78 is 0. The SMILES string of the molecule is Cc1ccc(CC2CCCCC2=N)cc1. The molecule has 1 heteroatoms. The molecule has 0 bridgehead atoms. The normalized spacial score (nSPS) is 21.7. The van der Waals surface area contributed by atoms with Crippen molar-refractivity contribution in [2.24, 2.45) is 5.92 Å². The molecule has 1 saturated carbocycles. The number of hydrogen-bond acceptors (Lipinski definition) is 1. The Morgan fingerprint density at radius 2 is 1.93 bits per heavy atom. The Morgan fingerprint density at radius 3 is 2.60 bits per heavy atom. The van der Waals surface area contributed by atoms with Gasteiger partial charge in [-0.3, -0.25) is 0 Å². The van der Waals surface area contributed by atoms with Crippen LogP contribution in [-0.2, 0) is 6.42 Å². The van der Waals surface area contributed by atoms with E-state index in [1.807, 2.05) is 0 Å². The van der Waals surface area contributed by atoms with Gasteiger partial charge in [0, 0.05) is 11.6 Å². The highest BCUT2D eigenvalue weighted by Crippen LogP contribution is 2.24. The molecule has 0 radical (unpaired) electrons. The van der Waals surface area contributed by atoms with Crippen molar-refractivity contribution in [1.29, 1.82) is 5.41 Å². The lowest BCUT2D eigenvalue weighted by Crippen LogP contribution is -2.20. The molecule has 0 saturated heterocycles. The van der Waals surface area contributed by atoms with Gasteiger partial charge in [-0.1, -0.05) is 36.2 Å². The van der Waals surface area contributed by atoms with Crippen LogP contribution >= 0.6 is 0 Å². The third kappa shape index (κ3) is 2.68. The molecular weight excluding hydrogens is 182 g/mol. The van der Waals surface area contributed by atoms with Gasteiger partial charge in [0.05, 0.1) is 0 Å². The second-order valence-electron chi connectivity index (χ2n) is 4.66. The van der Waals surface area contributed by atoms with Gasteiger partial charge < -0.3 is 5.41 Å². The zero-order chi connectivity index (χ0) is 10.7. The highest BCUT2D eigenvalue weighted by molar-refractivity contribution is 5.84. The van der Waals surface area contributed by atoms with E-state index in [2.05, 4.69) is 31.2 Å². The average Bonchev–Trinajstić information content (AvgIpc) is 2.25. The van der Waals surface area contributed by atoms with E-state index in [9.17, 15) is 0 Å². The van der Waals surface area contributed by atoms with Crippen LogP contribution in [0, 0.1) is 18.3 Å². The monoisotopic (exact) mass is 201 g/mol. The van der Waals surface area contributed by atoms with E-state index in [1.165, 1.54) is 30.4 Å². The zero-order valence-corrected chi connectivity index (χ0v) is 9.42. The van der Waals surface area contributed by atoms with Crippen LogP contribution in [0.1, 0.15) is 36.8 Å². The van der Waals surface area contributed by atoms with Crippen molar-refractivity contribution in [3.05, 3.63) is 35.4 Å². The molecule has 1 N–H and O–H groups in total. The molecule has 2 rings (SSSR count). The van der Waals surface area contributed by atoms with Gasteiger partial charge in [-0.15, -0.1) is 0 Å². The molecule has 1 aliphatic rings. The lowest BCUT2D eigenvalue weighted by atomic mass is 9.83. The van der Waals surface area contributed by atoms with Crippen LogP contribution in [0.15, 0.2) is 24.3 Å². The molecule has 0 spiro atoms. The van der Waals surface area contributed by atoms with E-state index in [-0.39, 0.29) is 0 Å². The fourth-order valence-corrected chi connectivity index (χ4v) is 2.32. The second kappa shape index (κ2) is 4.61. The van der Waals surface area contributed by atoms with E-state index >= 15 is 0 Å². The Morgan fingerprint density at radius 1 is 1.20 bits per heavy atom. The summed E-state index contributed by atoms with van der Waals surface area (Å²) >= 11 is 0. The van der Waals surface area contributed by atoms with Crippen molar-refractivity contribution in [2.45, 2.75) is 39.0 Å². The Hall–Kier alpha value is -1.11. The van der Waals surface area contributed by atoms with Crippen molar-refractivity contribution in [3.63, 3.8) is 0 Å². The van der Waals surface area contributed by atoms with Crippen molar-refractivity contribution in [1.82, 2.24) is 0 Å². The summed E-state index contributed by atoms with van der Waals surface area (Å²) in [4.78, 5) is 0. The van der Waals surface area contributed by atoms with E-state index < -0.39 is 0 Å². The van der Waals surface area contributed by atoms with Crippen molar-refractivity contribution >= 4 is 5.71 Å². The molecule has 1 nitrogen and oxygen atoms in total. The predicted octanol–water partition coefficient (Wildman–Crippen LogP) is 3.75. The lowest BCUT2D eigenvalue weighted by Gasteiger charge is -2.22. The topological polar surface area (TPSA) is 23.9 Å². The van der Waals surface area contributed by atoms with E-state index in [0.29, 0.717) is 5.92 Å². The summed E-state index contributed by atoms with van der Waals surface area (Å²) in [6.07, 6.45) is 5.84. The van der Waals surface area contributed by atoms with Gasteiger partial charge in [-0.25, -0.2) is 0 Å². The maximum absolute atomic E-state index is 7.94. The molecule has 1 aromatic carbocycles. The van der Waals surface area contributed by atoms with Gasteiger partial charge in [0.25, 0.3) is 0 Å². The van der Waals surface area contributed by atoms with Crippen LogP contribution in [0.25, 0.3) is 0 Å². The van der Waals surface area contributed by atoms with Crippen molar-refractivity contribution in [2.75, 3.05) is 0 Å². The zero-order valence-electron chi connectivity index (χ0n) is 9.42. The van der Waals surface area contributed by atoms with Crippen molar-refractivity contribution < 1.29 is 0 Å². The van der Waals surface area contributed by atoms with Gasteiger partial charge >= 0.3 is 0 Å². The molecule has 0 aromatic heterocycles. The molecule has 1 unspecified atom stereocenters. The number of benzene rings is 1. The minimum atomic E-state index is 0.515. The minimum absolute atomic E-state index is 0.515. The minimum Gasteiger partial charge on any atom is -0.309 e. The first kappa shape index (κ1) is 10.4. The third-order valence-electron chi connectivity index (χ3n) is 3.34. The van der Waals surface area contributed by atoms with Gasteiger partial charge in [0.1, 0.15) is 0 Å². The lowest BCUT2D eigenvalue weighted by molar-refractivity contribution is 0.521. The Balaban J connectivity index is 2.01. The Bertz CT molecular complexity index is 337. The summed E-state index contributed by atoms with van der Waals surface area (Å²) in [5.74, 6) is 0.515. The number of hydrogen-bond donors (Lipinski definition) is 1. The maximum atomic E-state index is 7.94. The average molecular weight is 201 g/mol. The van der Waals surface area contributed by atoms with E-state index in [4.69, 9.17) is 5.41 Å². The predicted molar refractivity (Wildman–Crippen MR) is 64.6 cm³/mol. The number of rotatable bonds is 2.